The van der Waals surface area contributed by atoms with E-state index < -0.39 is 5.60 Å². The Balaban J connectivity index is 0.00000676. The van der Waals surface area contributed by atoms with Gasteiger partial charge >= 0.3 is 6.09 Å². The smallest absolute Gasteiger partial charge is 0.407 e. The molecule has 0 aliphatic rings. The maximum Gasteiger partial charge on any atom is 0.407 e. The number of aryl methyl sites for hydroxylation is 2. The Morgan fingerprint density at radius 2 is 1.89 bits per heavy atom. The standard InChI is InChI=1S/C18H33N5O2S.HI/c1-7-19-16(21-12-9-15-23-13(2)14(3)26-15)20-10-8-11-22-17(24)25-18(4,5)6;/h7-12H2,1-6H3,(H,22,24)(H2,19,20,21);1H. The van der Waals surface area contributed by atoms with Crippen molar-refractivity contribution in [3.63, 3.8) is 0 Å². The van der Waals surface area contributed by atoms with Crippen LogP contribution in [0, 0.1) is 13.8 Å². The van der Waals surface area contributed by atoms with Crippen LogP contribution in [0.1, 0.15) is 49.7 Å². The van der Waals surface area contributed by atoms with Crippen molar-refractivity contribution in [2.24, 2.45) is 4.99 Å². The second kappa shape index (κ2) is 13.1. The number of rotatable bonds is 8. The van der Waals surface area contributed by atoms with Gasteiger partial charge in [0.05, 0.1) is 10.7 Å². The summed E-state index contributed by atoms with van der Waals surface area (Å²) in [5, 5.41) is 10.4. The van der Waals surface area contributed by atoms with Crippen molar-refractivity contribution in [2.45, 2.75) is 60.0 Å². The monoisotopic (exact) mass is 511 g/mol. The van der Waals surface area contributed by atoms with E-state index in [1.165, 1.54) is 4.88 Å². The topological polar surface area (TPSA) is 87.6 Å². The second-order valence-electron chi connectivity index (χ2n) is 6.97. The minimum absolute atomic E-state index is 0. The van der Waals surface area contributed by atoms with E-state index >= 15 is 0 Å². The summed E-state index contributed by atoms with van der Waals surface area (Å²) >= 11 is 1.75. The van der Waals surface area contributed by atoms with E-state index in [2.05, 4.69) is 32.9 Å². The van der Waals surface area contributed by atoms with Gasteiger partial charge in [0.15, 0.2) is 5.96 Å². The molecule has 0 saturated heterocycles. The van der Waals surface area contributed by atoms with Crippen molar-refractivity contribution in [2.75, 3.05) is 26.2 Å². The molecule has 0 unspecified atom stereocenters. The summed E-state index contributed by atoms with van der Waals surface area (Å²) in [7, 11) is 0. The van der Waals surface area contributed by atoms with Gasteiger partial charge in [-0.1, -0.05) is 0 Å². The fourth-order valence-electron chi connectivity index (χ4n) is 2.05. The minimum atomic E-state index is -0.473. The Labute approximate surface area is 184 Å². The zero-order valence-corrected chi connectivity index (χ0v) is 20.4. The molecule has 0 aliphatic carbocycles. The van der Waals surface area contributed by atoms with Crippen LogP contribution in [0.25, 0.3) is 0 Å². The number of amides is 1. The van der Waals surface area contributed by atoms with Gasteiger partial charge in [0, 0.05) is 37.5 Å². The van der Waals surface area contributed by atoms with E-state index in [1.807, 2.05) is 34.6 Å². The number of thiazole rings is 1. The fourth-order valence-corrected chi connectivity index (χ4v) is 2.98. The van der Waals surface area contributed by atoms with Gasteiger partial charge in [-0.3, -0.25) is 4.99 Å². The molecule has 7 nitrogen and oxygen atoms in total. The summed E-state index contributed by atoms with van der Waals surface area (Å²) < 4.78 is 5.19. The van der Waals surface area contributed by atoms with Crippen LogP contribution in [0.15, 0.2) is 4.99 Å². The maximum absolute atomic E-state index is 11.6. The van der Waals surface area contributed by atoms with E-state index in [0.29, 0.717) is 13.1 Å². The molecule has 0 aliphatic heterocycles. The number of halogens is 1. The summed E-state index contributed by atoms with van der Waals surface area (Å²) in [5.41, 5.74) is 0.641. The molecule has 0 saturated carbocycles. The highest BCUT2D eigenvalue weighted by molar-refractivity contribution is 14.0. The molecule has 0 radical (unpaired) electrons. The molecule has 9 heteroatoms. The van der Waals surface area contributed by atoms with Gasteiger partial charge in [-0.05, 0) is 48.0 Å². The molecule has 0 aromatic carbocycles. The Hall–Kier alpha value is -1.10. The number of hydrogen-bond acceptors (Lipinski definition) is 5. The van der Waals surface area contributed by atoms with Crippen molar-refractivity contribution in [1.82, 2.24) is 20.9 Å². The highest BCUT2D eigenvalue weighted by Crippen LogP contribution is 2.16. The van der Waals surface area contributed by atoms with Gasteiger partial charge in [0.25, 0.3) is 0 Å². The number of nitrogens with zero attached hydrogens (tertiary/aromatic N) is 2. The molecule has 1 heterocycles. The molecular formula is C18H34IN5O2S. The van der Waals surface area contributed by atoms with Crippen LogP contribution in [0.2, 0.25) is 0 Å². The van der Waals surface area contributed by atoms with E-state index in [-0.39, 0.29) is 30.1 Å². The molecule has 0 spiro atoms. The zero-order chi connectivity index (χ0) is 19.6. The second-order valence-corrected chi connectivity index (χ2v) is 8.26. The Kier molecular flexibility index (Phi) is 12.6. The maximum atomic E-state index is 11.6. The average Bonchev–Trinajstić information content (AvgIpc) is 2.83. The van der Waals surface area contributed by atoms with Crippen LogP contribution in [0.5, 0.6) is 0 Å². The lowest BCUT2D eigenvalue weighted by Gasteiger charge is -2.19. The van der Waals surface area contributed by atoms with Gasteiger partial charge in [0.1, 0.15) is 5.60 Å². The quantitative estimate of drug-likeness (QED) is 0.216. The molecule has 3 N–H and O–H groups in total. The molecule has 27 heavy (non-hydrogen) atoms. The number of guanidine groups is 1. The van der Waals surface area contributed by atoms with Crippen molar-refractivity contribution in [3.8, 4) is 0 Å². The number of alkyl carbamates (subject to hydrolysis) is 1. The third kappa shape index (κ3) is 12.1. The van der Waals surface area contributed by atoms with Crippen LogP contribution in [0.4, 0.5) is 4.79 Å². The van der Waals surface area contributed by atoms with Crippen molar-refractivity contribution in [1.29, 1.82) is 0 Å². The molecule has 1 aromatic heterocycles. The van der Waals surface area contributed by atoms with Crippen LogP contribution in [-0.2, 0) is 11.2 Å². The minimum Gasteiger partial charge on any atom is -0.444 e. The average molecular weight is 511 g/mol. The normalized spacial score (nSPS) is 11.6. The summed E-state index contributed by atoms with van der Waals surface area (Å²) in [6.07, 6.45) is 1.24. The number of carbonyl (C=O) groups is 1. The van der Waals surface area contributed by atoms with Crippen LogP contribution in [-0.4, -0.2) is 48.8 Å². The summed E-state index contributed by atoms with van der Waals surface area (Å²) in [6.45, 7) is 14.5. The first-order valence-electron chi connectivity index (χ1n) is 9.13. The number of aliphatic imine (C=N–C) groups is 1. The molecule has 156 valence electrons. The molecule has 0 bridgehead atoms. The zero-order valence-electron chi connectivity index (χ0n) is 17.3. The van der Waals surface area contributed by atoms with Crippen molar-refractivity contribution >= 4 is 47.4 Å². The van der Waals surface area contributed by atoms with Gasteiger partial charge in [0.2, 0.25) is 0 Å². The van der Waals surface area contributed by atoms with Gasteiger partial charge < -0.3 is 20.7 Å². The lowest BCUT2D eigenvalue weighted by molar-refractivity contribution is 0.0527. The summed E-state index contributed by atoms with van der Waals surface area (Å²) in [4.78, 5) is 21.9. The van der Waals surface area contributed by atoms with Crippen LogP contribution < -0.4 is 16.0 Å². The lowest BCUT2D eigenvalue weighted by Crippen LogP contribution is -2.38. The number of carbonyl (C=O) groups excluding carboxylic acids is 1. The fraction of sp³-hybridized carbons (Fsp3) is 0.722. The Morgan fingerprint density at radius 1 is 1.19 bits per heavy atom. The number of ether oxygens (including phenoxy) is 1. The summed E-state index contributed by atoms with van der Waals surface area (Å²) in [5.74, 6) is 0.787. The van der Waals surface area contributed by atoms with Crippen LogP contribution >= 0.6 is 35.3 Å². The van der Waals surface area contributed by atoms with Crippen molar-refractivity contribution < 1.29 is 9.53 Å². The van der Waals surface area contributed by atoms with E-state index in [0.717, 1.165) is 42.6 Å². The third-order valence-corrected chi connectivity index (χ3v) is 4.45. The van der Waals surface area contributed by atoms with Gasteiger partial charge in [-0.15, -0.1) is 35.3 Å². The predicted octanol–water partition coefficient (Wildman–Crippen LogP) is 3.39. The largest absolute Gasteiger partial charge is 0.444 e. The first-order chi connectivity index (χ1) is 12.2. The first-order valence-corrected chi connectivity index (χ1v) is 9.95. The van der Waals surface area contributed by atoms with E-state index in [4.69, 9.17) is 4.74 Å². The highest BCUT2D eigenvalue weighted by atomic mass is 127. The predicted molar refractivity (Wildman–Crippen MR) is 124 cm³/mol. The van der Waals surface area contributed by atoms with E-state index in [9.17, 15) is 4.79 Å². The SMILES string of the molecule is CCNC(=NCCCNC(=O)OC(C)(C)C)NCCc1nc(C)c(C)s1.I. The van der Waals surface area contributed by atoms with Gasteiger partial charge in [-0.2, -0.15) is 0 Å². The lowest BCUT2D eigenvalue weighted by atomic mass is 10.2. The molecule has 1 rings (SSSR count). The Bertz CT molecular complexity index is 580. The number of hydrogen-bond donors (Lipinski definition) is 3. The molecule has 0 fully saturated rings. The van der Waals surface area contributed by atoms with Crippen LogP contribution in [0.3, 0.4) is 0 Å². The highest BCUT2D eigenvalue weighted by Gasteiger charge is 2.15. The molecular weight excluding hydrogens is 477 g/mol. The molecule has 1 amide bonds. The third-order valence-electron chi connectivity index (χ3n) is 3.32. The molecule has 0 atom stereocenters. The Morgan fingerprint density at radius 3 is 2.44 bits per heavy atom. The summed E-state index contributed by atoms with van der Waals surface area (Å²) in [6, 6.07) is 0. The number of aromatic nitrogens is 1. The van der Waals surface area contributed by atoms with Gasteiger partial charge in [-0.25, -0.2) is 9.78 Å². The van der Waals surface area contributed by atoms with E-state index in [1.54, 1.807) is 11.3 Å². The number of nitrogens with one attached hydrogen (secondary N) is 3. The first kappa shape index (κ1) is 25.9. The van der Waals surface area contributed by atoms with Crippen molar-refractivity contribution in [3.05, 3.63) is 15.6 Å². The molecule has 1 aromatic rings.